The third kappa shape index (κ3) is 2.37. The summed E-state index contributed by atoms with van der Waals surface area (Å²) in [6.45, 7) is 0. The number of rotatable bonds is 2. The van der Waals surface area contributed by atoms with E-state index in [1.807, 2.05) is 4.98 Å². The first-order valence-corrected chi connectivity index (χ1v) is 5.54. The van der Waals surface area contributed by atoms with Gasteiger partial charge in [0.05, 0.1) is 0 Å². The van der Waals surface area contributed by atoms with Crippen LogP contribution in [0.25, 0.3) is 11.3 Å². The minimum atomic E-state index is -2.32. The summed E-state index contributed by atoms with van der Waals surface area (Å²) in [4.78, 5) is 24.3. The molecule has 0 saturated heterocycles. The predicted octanol–water partition coefficient (Wildman–Crippen LogP) is -0.637. The van der Waals surface area contributed by atoms with Crippen LogP contribution in [0.4, 0.5) is 0 Å². The normalized spacial score (nSPS) is 12.3. The molecule has 2 N–H and O–H groups in total. The van der Waals surface area contributed by atoms with Crippen LogP contribution in [-0.4, -0.2) is 23.9 Å². The summed E-state index contributed by atoms with van der Waals surface area (Å²) in [5, 5.41) is 5.68. The van der Waals surface area contributed by atoms with Crippen molar-refractivity contribution in [3.8, 4) is 11.3 Å². The molecule has 8 heteroatoms. The zero-order valence-electron chi connectivity index (χ0n) is 8.30. The highest BCUT2D eigenvalue weighted by atomic mass is 32.2. The second-order valence-electron chi connectivity index (χ2n) is 3.11. The average Bonchev–Trinajstić information content (AvgIpc) is 2.29. The van der Waals surface area contributed by atoms with Crippen molar-refractivity contribution in [1.29, 1.82) is 0 Å². The second-order valence-corrected chi connectivity index (χ2v) is 4.06. The van der Waals surface area contributed by atoms with Crippen molar-refractivity contribution < 1.29 is 8.76 Å². The molecule has 1 heterocycles. The minimum Gasteiger partial charge on any atom is -0.768 e. The number of aromatic nitrogens is 3. The Labute approximate surface area is 96.8 Å². The molecule has 1 aromatic heterocycles. The van der Waals surface area contributed by atoms with Gasteiger partial charge in [-0.15, -0.1) is 0 Å². The molecule has 0 aliphatic rings. The average molecular weight is 252 g/mol. The first-order valence-electron chi connectivity index (χ1n) is 4.46. The zero-order valence-corrected chi connectivity index (χ0v) is 9.11. The first kappa shape index (κ1) is 11.4. The summed E-state index contributed by atoms with van der Waals surface area (Å²) in [6, 6.07) is 5.54. The van der Waals surface area contributed by atoms with E-state index in [0.29, 0.717) is 5.56 Å². The maximum Gasteiger partial charge on any atom is 0.342 e. The van der Waals surface area contributed by atoms with Gasteiger partial charge in [-0.1, -0.05) is 12.1 Å². The van der Waals surface area contributed by atoms with Gasteiger partial charge in [-0.05, 0) is 23.2 Å². The molecule has 0 saturated carbocycles. The van der Waals surface area contributed by atoms with Crippen molar-refractivity contribution in [3.63, 3.8) is 0 Å². The van der Waals surface area contributed by atoms with Crippen LogP contribution in [-0.2, 0) is 11.1 Å². The van der Waals surface area contributed by atoms with Crippen molar-refractivity contribution in [2.45, 2.75) is 4.90 Å². The topological polar surface area (TPSA) is 119 Å². The van der Waals surface area contributed by atoms with Crippen molar-refractivity contribution in [1.82, 2.24) is 15.2 Å². The lowest BCUT2D eigenvalue weighted by atomic mass is 10.2. The van der Waals surface area contributed by atoms with Gasteiger partial charge in [-0.2, -0.15) is 5.10 Å². The summed E-state index contributed by atoms with van der Waals surface area (Å²) in [7, 11) is 0. The van der Waals surface area contributed by atoms with E-state index >= 15 is 0 Å². The van der Waals surface area contributed by atoms with Gasteiger partial charge < -0.3 is 4.55 Å². The van der Waals surface area contributed by atoms with Crippen molar-refractivity contribution in [3.05, 3.63) is 45.1 Å². The van der Waals surface area contributed by atoms with Gasteiger partial charge in [-0.25, -0.2) is 9.89 Å². The van der Waals surface area contributed by atoms with Crippen LogP contribution < -0.4 is 11.2 Å². The molecule has 1 unspecified atom stereocenters. The molecule has 88 valence electrons. The van der Waals surface area contributed by atoms with E-state index in [9.17, 15) is 18.4 Å². The van der Waals surface area contributed by atoms with E-state index in [4.69, 9.17) is 0 Å². The Balaban J connectivity index is 2.50. The minimum absolute atomic E-state index is 0.0211. The van der Waals surface area contributed by atoms with Crippen LogP contribution in [0.3, 0.4) is 0 Å². The number of H-pyrrole nitrogens is 2. The third-order valence-electron chi connectivity index (χ3n) is 2.03. The molecule has 0 fully saturated rings. The molecule has 0 amide bonds. The molecule has 2 rings (SSSR count). The highest BCUT2D eigenvalue weighted by Gasteiger charge is 2.05. The van der Waals surface area contributed by atoms with E-state index < -0.39 is 22.3 Å². The van der Waals surface area contributed by atoms with Gasteiger partial charge in [-0.3, -0.25) is 14.0 Å². The predicted molar refractivity (Wildman–Crippen MR) is 58.1 cm³/mol. The fourth-order valence-corrected chi connectivity index (χ4v) is 1.63. The first-order chi connectivity index (χ1) is 8.08. The second kappa shape index (κ2) is 4.44. The van der Waals surface area contributed by atoms with Crippen LogP contribution in [0.15, 0.2) is 38.8 Å². The molecule has 1 atom stereocenters. The summed E-state index contributed by atoms with van der Waals surface area (Å²) in [6.07, 6.45) is 0. The highest BCUT2D eigenvalue weighted by Crippen LogP contribution is 2.14. The SMILES string of the molecule is O=c1[nH]nc(-c2ccc(S(=O)[O-])cc2)c(=O)[nH]1. The van der Waals surface area contributed by atoms with Gasteiger partial charge >= 0.3 is 5.69 Å². The standard InChI is InChI=1S/C9H7N3O4S/c13-8-7(11-12-9(14)10-8)5-1-3-6(4-2-5)17(15)16/h1-4H,(H,15,16)(H2,10,12,13,14)/p-1. The molecule has 0 spiro atoms. The number of hydrogen-bond donors (Lipinski definition) is 2. The fraction of sp³-hybridized carbons (Fsp3) is 0. The Bertz CT molecular complexity index is 674. The molecule has 0 aliphatic carbocycles. The number of benzene rings is 1. The third-order valence-corrected chi connectivity index (χ3v) is 2.69. The molecule has 2 aromatic rings. The Morgan fingerprint density at radius 1 is 1.18 bits per heavy atom. The van der Waals surface area contributed by atoms with Gasteiger partial charge in [0.25, 0.3) is 5.56 Å². The van der Waals surface area contributed by atoms with Gasteiger partial charge in [0.15, 0.2) is 5.69 Å². The Kier molecular flexibility index (Phi) is 2.98. The van der Waals surface area contributed by atoms with Crippen molar-refractivity contribution in [2.75, 3.05) is 0 Å². The lowest BCUT2D eigenvalue weighted by molar-refractivity contribution is 0.537. The molecule has 1 aromatic carbocycles. The zero-order chi connectivity index (χ0) is 12.4. The highest BCUT2D eigenvalue weighted by molar-refractivity contribution is 7.79. The monoisotopic (exact) mass is 252 g/mol. The van der Waals surface area contributed by atoms with E-state index in [0.717, 1.165) is 0 Å². The number of aromatic amines is 2. The Hall–Kier alpha value is -2.06. The van der Waals surface area contributed by atoms with E-state index in [-0.39, 0.29) is 10.6 Å². The molecule has 0 bridgehead atoms. The molecular weight excluding hydrogens is 246 g/mol. The van der Waals surface area contributed by atoms with E-state index in [1.54, 1.807) is 0 Å². The van der Waals surface area contributed by atoms with Crippen LogP contribution in [0.2, 0.25) is 0 Å². The van der Waals surface area contributed by atoms with Crippen LogP contribution in [0.5, 0.6) is 0 Å². The maximum absolute atomic E-state index is 11.4. The van der Waals surface area contributed by atoms with Gasteiger partial charge in [0, 0.05) is 10.5 Å². The Morgan fingerprint density at radius 3 is 2.35 bits per heavy atom. The summed E-state index contributed by atoms with van der Waals surface area (Å²) in [5.41, 5.74) is -0.898. The largest absolute Gasteiger partial charge is 0.768 e. The lowest BCUT2D eigenvalue weighted by Crippen LogP contribution is -2.25. The van der Waals surface area contributed by atoms with Crippen LogP contribution in [0, 0.1) is 0 Å². The van der Waals surface area contributed by atoms with E-state index in [1.165, 1.54) is 24.3 Å². The fourth-order valence-electron chi connectivity index (χ4n) is 1.27. The maximum atomic E-state index is 11.4. The molecule has 0 aliphatic heterocycles. The summed E-state index contributed by atoms with van der Waals surface area (Å²) < 4.78 is 21.3. The quantitative estimate of drug-likeness (QED) is 0.689. The van der Waals surface area contributed by atoms with Crippen molar-refractivity contribution in [2.24, 2.45) is 0 Å². The van der Waals surface area contributed by atoms with Crippen LogP contribution >= 0.6 is 0 Å². The van der Waals surface area contributed by atoms with Crippen molar-refractivity contribution >= 4 is 11.1 Å². The molecule has 0 radical (unpaired) electrons. The lowest BCUT2D eigenvalue weighted by Gasteiger charge is -2.05. The van der Waals surface area contributed by atoms with Gasteiger partial charge in [0.1, 0.15) is 0 Å². The summed E-state index contributed by atoms with van der Waals surface area (Å²) in [5.74, 6) is 0. The molecule has 17 heavy (non-hydrogen) atoms. The molecule has 7 nitrogen and oxygen atoms in total. The Morgan fingerprint density at radius 2 is 1.82 bits per heavy atom. The molecular formula is C9H6N3O4S-. The smallest absolute Gasteiger partial charge is 0.342 e. The van der Waals surface area contributed by atoms with Gasteiger partial charge in [0.2, 0.25) is 0 Å². The number of hydrogen-bond acceptors (Lipinski definition) is 5. The number of nitrogens with one attached hydrogen (secondary N) is 2. The number of nitrogens with zero attached hydrogens (tertiary/aromatic N) is 1. The van der Waals surface area contributed by atoms with E-state index in [2.05, 4.69) is 10.2 Å². The summed E-state index contributed by atoms with van der Waals surface area (Å²) >= 11 is -2.32. The van der Waals surface area contributed by atoms with Crippen LogP contribution in [0.1, 0.15) is 0 Å².